The van der Waals surface area contributed by atoms with Gasteiger partial charge in [0.15, 0.2) is 5.16 Å². The van der Waals surface area contributed by atoms with Crippen LogP contribution >= 0.6 is 23.1 Å². The summed E-state index contributed by atoms with van der Waals surface area (Å²) in [7, 11) is 0. The first kappa shape index (κ1) is 12.9. The largest absolute Gasteiger partial charge is 0.476 e. The first-order chi connectivity index (χ1) is 9.61. The number of carboxylic acids is 1. The van der Waals surface area contributed by atoms with Crippen molar-refractivity contribution in [3.63, 3.8) is 0 Å². The van der Waals surface area contributed by atoms with Crippen molar-refractivity contribution in [2.75, 3.05) is 5.73 Å². The van der Waals surface area contributed by atoms with E-state index in [2.05, 4.69) is 15.0 Å². The molecule has 1 aromatic carbocycles. The van der Waals surface area contributed by atoms with Gasteiger partial charge < -0.3 is 15.8 Å². The number of thiazole rings is 1. The number of rotatable bonds is 4. The lowest BCUT2D eigenvalue weighted by Gasteiger charge is -1.93. The molecule has 3 aromatic rings. The van der Waals surface area contributed by atoms with Gasteiger partial charge in [0, 0.05) is 16.8 Å². The Morgan fingerprint density at radius 3 is 3.05 bits per heavy atom. The molecule has 8 heteroatoms. The fourth-order valence-corrected chi connectivity index (χ4v) is 3.22. The molecule has 0 aliphatic rings. The number of anilines is 1. The van der Waals surface area contributed by atoms with Gasteiger partial charge in [-0.1, -0.05) is 11.8 Å². The number of nitrogens with one attached hydrogen (secondary N) is 1. The van der Waals surface area contributed by atoms with E-state index in [1.807, 2.05) is 12.1 Å². The second-order valence-electron chi connectivity index (χ2n) is 4.06. The lowest BCUT2D eigenvalue weighted by atomic mass is 10.3. The Balaban J connectivity index is 1.74. The molecule has 0 aliphatic heterocycles. The van der Waals surface area contributed by atoms with Gasteiger partial charge in [-0.25, -0.2) is 14.8 Å². The van der Waals surface area contributed by atoms with Crippen LogP contribution in [0.2, 0.25) is 0 Å². The summed E-state index contributed by atoms with van der Waals surface area (Å²) in [6.45, 7) is 0. The number of thioether (sulfide) groups is 1. The summed E-state index contributed by atoms with van der Waals surface area (Å²) < 4.78 is 0. The van der Waals surface area contributed by atoms with Crippen LogP contribution in [0.3, 0.4) is 0 Å². The summed E-state index contributed by atoms with van der Waals surface area (Å²) in [6.07, 6.45) is 0. The lowest BCUT2D eigenvalue weighted by molar-refractivity contribution is 0.0696. The summed E-state index contributed by atoms with van der Waals surface area (Å²) >= 11 is 2.60. The van der Waals surface area contributed by atoms with Crippen LogP contribution in [-0.2, 0) is 5.75 Å². The van der Waals surface area contributed by atoms with E-state index in [-0.39, 0.29) is 5.01 Å². The molecule has 6 nitrogen and oxygen atoms in total. The van der Waals surface area contributed by atoms with Crippen LogP contribution < -0.4 is 5.73 Å². The number of benzene rings is 1. The number of imidazole rings is 1. The number of carbonyl (C=O) groups is 1. The van der Waals surface area contributed by atoms with Crippen LogP contribution in [-0.4, -0.2) is 26.0 Å². The van der Waals surface area contributed by atoms with Crippen LogP contribution in [0.5, 0.6) is 0 Å². The fraction of sp³-hybridized carbons (Fsp3) is 0.0833. The van der Waals surface area contributed by atoms with E-state index in [1.165, 1.54) is 11.8 Å². The maximum absolute atomic E-state index is 10.7. The van der Waals surface area contributed by atoms with Gasteiger partial charge in [0.05, 0.1) is 16.7 Å². The van der Waals surface area contributed by atoms with E-state index in [0.29, 0.717) is 11.4 Å². The molecule has 0 radical (unpaired) electrons. The topological polar surface area (TPSA) is 105 Å². The SMILES string of the molecule is Nc1ccc2nc(SCc3csc(C(=O)O)n3)[nH]c2c1. The molecule has 0 fully saturated rings. The number of hydrogen-bond donors (Lipinski definition) is 3. The van der Waals surface area contributed by atoms with Crippen LogP contribution in [0.15, 0.2) is 28.7 Å². The van der Waals surface area contributed by atoms with E-state index in [4.69, 9.17) is 10.8 Å². The third-order valence-electron chi connectivity index (χ3n) is 2.58. The Bertz CT molecular complexity index is 781. The molecule has 2 aromatic heterocycles. The molecule has 2 heterocycles. The maximum Gasteiger partial charge on any atom is 0.365 e. The second-order valence-corrected chi connectivity index (χ2v) is 5.88. The number of H-pyrrole nitrogens is 1. The number of aromatic amines is 1. The van der Waals surface area contributed by atoms with Crippen LogP contribution in [0, 0.1) is 0 Å². The van der Waals surface area contributed by atoms with E-state index >= 15 is 0 Å². The Kier molecular flexibility index (Phi) is 3.33. The minimum atomic E-state index is -0.995. The van der Waals surface area contributed by atoms with E-state index in [9.17, 15) is 4.79 Å². The molecule has 0 spiro atoms. The van der Waals surface area contributed by atoms with Gasteiger partial charge in [-0.15, -0.1) is 11.3 Å². The Hall–Kier alpha value is -2.06. The third kappa shape index (κ3) is 2.61. The number of nitrogens with zero attached hydrogens (tertiary/aromatic N) is 2. The average Bonchev–Trinajstić information content (AvgIpc) is 3.01. The second kappa shape index (κ2) is 5.14. The van der Waals surface area contributed by atoms with Crippen molar-refractivity contribution in [1.82, 2.24) is 15.0 Å². The summed E-state index contributed by atoms with van der Waals surface area (Å²) in [5.41, 5.74) is 8.87. The zero-order valence-corrected chi connectivity index (χ0v) is 11.8. The Morgan fingerprint density at radius 2 is 2.30 bits per heavy atom. The third-order valence-corrected chi connectivity index (χ3v) is 4.36. The van der Waals surface area contributed by atoms with E-state index < -0.39 is 5.97 Å². The van der Waals surface area contributed by atoms with Crippen molar-refractivity contribution < 1.29 is 9.90 Å². The Morgan fingerprint density at radius 1 is 1.45 bits per heavy atom. The predicted octanol–water partition coefficient (Wildman–Crippen LogP) is 2.59. The predicted molar refractivity (Wildman–Crippen MR) is 79.1 cm³/mol. The normalized spacial score (nSPS) is 11.0. The molecule has 0 amide bonds. The Labute approximate surface area is 122 Å². The average molecular weight is 306 g/mol. The van der Waals surface area contributed by atoms with Gasteiger partial charge in [0.2, 0.25) is 5.01 Å². The zero-order chi connectivity index (χ0) is 14.1. The smallest absolute Gasteiger partial charge is 0.365 e. The van der Waals surface area contributed by atoms with Crippen molar-refractivity contribution >= 4 is 45.8 Å². The molecule has 102 valence electrons. The van der Waals surface area contributed by atoms with Crippen LogP contribution in [0.25, 0.3) is 11.0 Å². The molecular weight excluding hydrogens is 296 g/mol. The minimum Gasteiger partial charge on any atom is -0.476 e. The summed E-state index contributed by atoms with van der Waals surface area (Å²) in [4.78, 5) is 22.4. The minimum absolute atomic E-state index is 0.109. The van der Waals surface area contributed by atoms with Gasteiger partial charge in [-0.2, -0.15) is 0 Å². The molecule has 0 saturated carbocycles. The number of nitrogens with two attached hydrogens (primary N) is 1. The highest BCUT2D eigenvalue weighted by molar-refractivity contribution is 7.98. The summed E-state index contributed by atoms with van der Waals surface area (Å²) in [5, 5.41) is 11.4. The summed E-state index contributed by atoms with van der Waals surface area (Å²) in [6, 6.07) is 5.49. The van der Waals surface area contributed by atoms with Crippen molar-refractivity contribution in [3.8, 4) is 0 Å². The maximum atomic E-state index is 10.7. The monoisotopic (exact) mass is 306 g/mol. The molecule has 20 heavy (non-hydrogen) atoms. The molecule has 0 aliphatic carbocycles. The molecule has 0 unspecified atom stereocenters. The van der Waals surface area contributed by atoms with Gasteiger partial charge in [-0.3, -0.25) is 0 Å². The zero-order valence-electron chi connectivity index (χ0n) is 10.2. The lowest BCUT2D eigenvalue weighted by Crippen LogP contribution is -1.95. The molecule has 3 rings (SSSR count). The fourth-order valence-electron chi connectivity index (χ4n) is 1.69. The van der Waals surface area contributed by atoms with Gasteiger partial charge in [0.25, 0.3) is 0 Å². The van der Waals surface area contributed by atoms with Crippen molar-refractivity contribution in [2.45, 2.75) is 10.9 Å². The van der Waals surface area contributed by atoms with Crippen LogP contribution in [0.4, 0.5) is 5.69 Å². The van der Waals surface area contributed by atoms with Gasteiger partial charge in [0.1, 0.15) is 0 Å². The van der Waals surface area contributed by atoms with E-state index in [1.54, 1.807) is 11.4 Å². The molecule has 0 atom stereocenters. The highest BCUT2D eigenvalue weighted by Gasteiger charge is 2.10. The summed E-state index contributed by atoms with van der Waals surface area (Å²) in [5.74, 6) is -0.426. The highest BCUT2D eigenvalue weighted by Crippen LogP contribution is 2.24. The number of fused-ring (bicyclic) bond motifs is 1. The van der Waals surface area contributed by atoms with Crippen molar-refractivity contribution in [2.24, 2.45) is 0 Å². The first-order valence-corrected chi connectivity index (χ1v) is 7.54. The molecule has 0 bridgehead atoms. The molecule has 0 saturated heterocycles. The number of aromatic nitrogens is 3. The number of hydrogen-bond acceptors (Lipinski definition) is 6. The van der Waals surface area contributed by atoms with Gasteiger partial charge in [-0.05, 0) is 18.2 Å². The van der Waals surface area contributed by atoms with Crippen molar-refractivity contribution in [1.29, 1.82) is 0 Å². The van der Waals surface area contributed by atoms with Crippen LogP contribution in [0.1, 0.15) is 15.5 Å². The quantitative estimate of drug-likeness (QED) is 0.505. The van der Waals surface area contributed by atoms with Gasteiger partial charge >= 0.3 is 5.97 Å². The van der Waals surface area contributed by atoms with Crippen molar-refractivity contribution in [3.05, 3.63) is 34.3 Å². The number of nitrogen functional groups attached to an aromatic ring is 1. The van der Waals surface area contributed by atoms with E-state index in [0.717, 1.165) is 33.2 Å². The highest BCUT2D eigenvalue weighted by atomic mass is 32.2. The molecular formula is C12H10N4O2S2. The number of carboxylic acid groups (broad SMARTS) is 1. The molecule has 4 N–H and O–H groups in total. The standard InChI is InChI=1S/C12H10N4O2S2/c13-6-1-2-8-9(3-6)16-12(15-8)20-5-7-4-19-10(14-7)11(17)18/h1-4H,5,13H2,(H,15,16)(H,17,18). The number of aromatic carboxylic acids is 1. The first-order valence-electron chi connectivity index (χ1n) is 5.67.